The number of aryl methyl sites for hydroxylation is 1. The van der Waals surface area contributed by atoms with Crippen LogP contribution in [0.3, 0.4) is 0 Å². The van der Waals surface area contributed by atoms with Gasteiger partial charge in [-0.15, -0.1) is 0 Å². The van der Waals surface area contributed by atoms with Gasteiger partial charge in [-0.1, -0.05) is 0 Å². The topological polar surface area (TPSA) is 62.3 Å². The Morgan fingerprint density at radius 2 is 2.26 bits per heavy atom. The minimum atomic E-state index is 0.186. The molecular formula is C14H17N3O2. The molecule has 0 saturated heterocycles. The Hall–Kier alpha value is -2.17. The largest absolute Gasteiger partial charge is 0.493 e. The van der Waals surface area contributed by atoms with Crippen LogP contribution in [0.5, 0.6) is 11.5 Å². The summed E-state index contributed by atoms with van der Waals surface area (Å²) in [6.45, 7) is 2.05. The molecule has 1 aromatic carbocycles. The molecule has 0 aliphatic carbocycles. The molecule has 2 heterocycles. The summed E-state index contributed by atoms with van der Waals surface area (Å²) in [6.07, 6.45) is 2.85. The van der Waals surface area contributed by atoms with Gasteiger partial charge in [0.1, 0.15) is 11.9 Å². The van der Waals surface area contributed by atoms with E-state index in [4.69, 9.17) is 15.2 Å². The molecule has 5 nitrogen and oxygen atoms in total. The van der Waals surface area contributed by atoms with Gasteiger partial charge < -0.3 is 15.2 Å². The van der Waals surface area contributed by atoms with Crippen molar-refractivity contribution in [3.05, 3.63) is 23.9 Å². The predicted octanol–water partition coefficient (Wildman–Crippen LogP) is 2.00. The van der Waals surface area contributed by atoms with E-state index >= 15 is 0 Å². The smallest absolute Gasteiger partial charge is 0.164 e. The van der Waals surface area contributed by atoms with Crippen LogP contribution in [-0.2, 0) is 13.5 Å². The lowest BCUT2D eigenvalue weighted by molar-refractivity contribution is 0.243. The van der Waals surface area contributed by atoms with E-state index in [9.17, 15) is 0 Å². The van der Waals surface area contributed by atoms with E-state index in [2.05, 4.69) is 18.1 Å². The van der Waals surface area contributed by atoms with Crippen LogP contribution in [0.1, 0.15) is 12.5 Å². The molecule has 1 unspecified atom stereocenters. The molecule has 1 atom stereocenters. The van der Waals surface area contributed by atoms with Crippen LogP contribution in [0.2, 0.25) is 0 Å². The molecular weight excluding hydrogens is 242 g/mol. The third kappa shape index (κ3) is 1.82. The lowest BCUT2D eigenvalue weighted by atomic mass is 10.0. The summed E-state index contributed by atoms with van der Waals surface area (Å²) < 4.78 is 12.9. The van der Waals surface area contributed by atoms with Gasteiger partial charge in [-0.05, 0) is 24.6 Å². The number of hydrogen-bond acceptors (Lipinski definition) is 4. The molecule has 1 aliphatic rings. The lowest BCUT2D eigenvalue weighted by Crippen LogP contribution is -2.05. The highest BCUT2D eigenvalue weighted by molar-refractivity contribution is 5.76. The first-order valence-corrected chi connectivity index (χ1v) is 6.25. The first-order chi connectivity index (χ1) is 9.10. The third-order valence-electron chi connectivity index (χ3n) is 3.47. The second kappa shape index (κ2) is 4.19. The maximum atomic E-state index is 6.03. The van der Waals surface area contributed by atoms with E-state index in [1.54, 1.807) is 18.0 Å². The van der Waals surface area contributed by atoms with E-state index < -0.39 is 0 Å². The van der Waals surface area contributed by atoms with Crippen molar-refractivity contribution in [2.75, 3.05) is 12.8 Å². The molecule has 0 fully saturated rings. The highest BCUT2D eigenvalue weighted by Crippen LogP contribution is 2.42. The van der Waals surface area contributed by atoms with Crippen molar-refractivity contribution in [1.29, 1.82) is 0 Å². The Labute approximate surface area is 111 Å². The molecule has 5 heteroatoms. The molecule has 2 aromatic rings. The molecule has 1 aromatic heterocycles. The van der Waals surface area contributed by atoms with Crippen LogP contribution in [0, 0.1) is 0 Å². The minimum absolute atomic E-state index is 0.186. The number of methoxy groups -OCH3 is 1. The number of anilines is 1. The number of nitrogen functional groups attached to an aromatic ring is 1. The Balaban J connectivity index is 2.14. The molecule has 3 rings (SSSR count). The average molecular weight is 259 g/mol. The monoisotopic (exact) mass is 259 g/mol. The molecule has 0 saturated carbocycles. The van der Waals surface area contributed by atoms with Crippen molar-refractivity contribution in [2.24, 2.45) is 7.05 Å². The van der Waals surface area contributed by atoms with Crippen LogP contribution in [0.15, 0.2) is 18.3 Å². The number of hydrogen-bond donors (Lipinski definition) is 1. The molecule has 0 amide bonds. The number of fused-ring (bicyclic) bond motifs is 1. The first kappa shape index (κ1) is 11.9. The third-order valence-corrected chi connectivity index (χ3v) is 3.47. The Morgan fingerprint density at radius 3 is 2.89 bits per heavy atom. The summed E-state index contributed by atoms with van der Waals surface area (Å²) in [5.74, 6) is 2.25. The number of nitrogens with two attached hydrogens (primary N) is 1. The SMILES string of the molecule is COc1cc(-c2cnn(C)c2N)cc2c1OC(C)C2. The van der Waals surface area contributed by atoms with Gasteiger partial charge in [0.15, 0.2) is 11.5 Å². The van der Waals surface area contributed by atoms with Crippen LogP contribution < -0.4 is 15.2 Å². The van der Waals surface area contributed by atoms with Crippen molar-refractivity contribution >= 4 is 5.82 Å². The van der Waals surface area contributed by atoms with Crippen LogP contribution in [0.25, 0.3) is 11.1 Å². The van der Waals surface area contributed by atoms with Gasteiger partial charge in [0.05, 0.1) is 13.3 Å². The highest BCUT2D eigenvalue weighted by Gasteiger charge is 2.24. The van der Waals surface area contributed by atoms with Crippen molar-refractivity contribution < 1.29 is 9.47 Å². The van der Waals surface area contributed by atoms with Crippen LogP contribution >= 0.6 is 0 Å². The summed E-state index contributed by atoms with van der Waals surface area (Å²) in [4.78, 5) is 0. The summed E-state index contributed by atoms with van der Waals surface area (Å²) in [7, 11) is 3.48. The summed E-state index contributed by atoms with van der Waals surface area (Å²) >= 11 is 0. The highest BCUT2D eigenvalue weighted by atomic mass is 16.5. The van der Waals surface area contributed by atoms with E-state index in [-0.39, 0.29) is 6.10 Å². The number of benzene rings is 1. The molecule has 100 valence electrons. The van der Waals surface area contributed by atoms with Gasteiger partial charge in [-0.25, -0.2) is 0 Å². The van der Waals surface area contributed by atoms with Gasteiger partial charge in [0, 0.05) is 24.6 Å². The minimum Gasteiger partial charge on any atom is -0.493 e. The standard InChI is InChI=1S/C14H17N3O2/c1-8-4-10-5-9(6-12(18-3)13(10)19-8)11-7-16-17(2)14(11)15/h5-8H,4,15H2,1-3H3. The predicted molar refractivity (Wildman–Crippen MR) is 73.4 cm³/mol. The van der Waals surface area contributed by atoms with E-state index in [0.29, 0.717) is 5.82 Å². The fourth-order valence-corrected chi connectivity index (χ4v) is 2.47. The average Bonchev–Trinajstić information content (AvgIpc) is 2.91. The zero-order valence-corrected chi connectivity index (χ0v) is 11.3. The van der Waals surface area contributed by atoms with Crippen molar-refractivity contribution in [3.63, 3.8) is 0 Å². The van der Waals surface area contributed by atoms with E-state index in [1.807, 2.05) is 13.1 Å². The number of ether oxygens (including phenoxy) is 2. The molecule has 19 heavy (non-hydrogen) atoms. The fraction of sp³-hybridized carbons (Fsp3) is 0.357. The summed E-state index contributed by atoms with van der Waals surface area (Å²) in [6, 6.07) is 4.05. The Kier molecular flexibility index (Phi) is 2.62. The number of aromatic nitrogens is 2. The van der Waals surface area contributed by atoms with Gasteiger partial charge >= 0.3 is 0 Å². The van der Waals surface area contributed by atoms with Gasteiger partial charge in [-0.2, -0.15) is 5.10 Å². The summed E-state index contributed by atoms with van der Waals surface area (Å²) in [5.41, 5.74) is 9.12. The molecule has 0 radical (unpaired) electrons. The lowest BCUT2D eigenvalue weighted by Gasteiger charge is -2.10. The molecule has 0 spiro atoms. The van der Waals surface area contributed by atoms with Crippen molar-refractivity contribution in [2.45, 2.75) is 19.4 Å². The maximum Gasteiger partial charge on any atom is 0.164 e. The Bertz CT molecular complexity index is 634. The first-order valence-electron chi connectivity index (χ1n) is 6.25. The van der Waals surface area contributed by atoms with Crippen molar-refractivity contribution in [1.82, 2.24) is 9.78 Å². The quantitative estimate of drug-likeness (QED) is 0.896. The van der Waals surface area contributed by atoms with E-state index in [1.165, 1.54) is 0 Å². The number of nitrogens with zero attached hydrogens (tertiary/aromatic N) is 2. The van der Waals surface area contributed by atoms with Crippen LogP contribution in [0.4, 0.5) is 5.82 Å². The second-order valence-corrected chi connectivity index (χ2v) is 4.87. The molecule has 0 bridgehead atoms. The molecule has 2 N–H and O–H groups in total. The zero-order chi connectivity index (χ0) is 13.6. The van der Waals surface area contributed by atoms with Crippen LogP contribution in [-0.4, -0.2) is 23.0 Å². The van der Waals surface area contributed by atoms with Gasteiger partial charge in [0.2, 0.25) is 0 Å². The number of rotatable bonds is 2. The fourth-order valence-electron chi connectivity index (χ4n) is 2.47. The van der Waals surface area contributed by atoms with Crippen molar-refractivity contribution in [3.8, 4) is 22.6 Å². The maximum absolute atomic E-state index is 6.03. The van der Waals surface area contributed by atoms with Gasteiger partial charge in [0.25, 0.3) is 0 Å². The van der Waals surface area contributed by atoms with Gasteiger partial charge in [-0.3, -0.25) is 4.68 Å². The van der Waals surface area contributed by atoms with E-state index in [0.717, 1.165) is 34.6 Å². The zero-order valence-electron chi connectivity index (χ0n) is 11.3. The molecule has 1 aliphatic heterocycles. The normalized spacial score (nSPS) is 17.1. The Morgan fingerprint density at radius 1 is 1.47 bits per heavy atom. The summed E-state index contributed by atoms with van der Waals surface area (Å²) in [5, 5.41) is 4.18. The second-order valence-electron chi connectivity index (χ2n) is 4.87.